The molecule has 3 aromatic carbocycles. The Morgan fingerprint density at radius 1 is 0.971 bits per heavy atom. The van der Waals surface area contributed by atoms with Gasteiger partial charge in [-0.25, -0.2) is 4.39 Å². The van der Waals surface area contributed by atoms with E-state index in [0.717, 1.165) is 44.8 Å². The van der Waals surface area contributed by atoms with Gasteiger partial charge < -0.3 is 19.0 Å². The van der Waals surface area contributed by atoms with Crippen LogP contribution in [0.25, 0.3) is 16.7 Å². The lowest BCUT2D eigenvalue weighted by Gasteiger charge is -2.33. The van der Waals surface area contributed by atoms with Crippen LogP contribution in [0.1, 0.15) is 37.5 Å². The van der Waals surface area contributed by atoms with Crippen LogP contribution < -0.4 is 19.0 Å². The minimum atomic E-state index is -0.318. The number of nitrogens with one attached hydrogen (secondary N) is 1. The molecule has 178 valence electrons. The molecule has 0 amide bonds. The van der Waals surface area contributed by atoms with Crippen LogP contribution in [-0.4, -0.2) is 18.9 Å². The summed E-state index contributed by atoms with van der Waals surface area (Å²) >= 11 is 1.28. The minimum Gasteiger partial charge on any atom is -0.496 e. The van der Waals surface area contributed by atoms with Crippen LogP contribution in [0.2, 0.25) is 0 Å². The highest BCUT2D eigenvalue weighted by atomic mass is 32.2. The summed E-state index contributed by atoms with van der Waals surface area (Å²) in [5.41, 5.74) is 6.97. The van der Waals surface area contributed by atoms with Crippen LogP contribution in [0.15, 0.2) is 54.6 Å². The summed E-state index contributed by atoms with van der Waals surface area (Å²) in [6.45, 7) is 8.61. The molecule has 1 heterocycles. The highest BCUT2D eigenvalue weighted by Crippen LogP contribution is 2.43. The van der Waals surface area contributed by atoms with E-state index in [2.05, 4.69) is 44.3 Å². The minimum absolute atomic E-state index is 0.162. The molecule has 6 heteroatoms. The summed E-state index contributed by atoms with van der Waals surface area (Å²) in [6.07, 6.45) is 4.10. The molecule has 3 aromatic rings. The molecular weight excluding hydrogens is 449 g/mol. The maximum absolute atomic E-state index is 13.9. The Morgan fingerprint density at radius 2 is 1.74 bits per heavy atom. The molecule has 4 nitrogen and oxygen atoms in total. The zero-order valence-corrected chi connectivity index (χ0v) is 21.2. The van der Waals surface area contributed by atoms with Crippen molar-refractivity contribution in [1.29, 1.82) is 0 Å². The Kier molecular flexibility index (Phi) is 6.80. The van der Waals surface area contributed by atoms with Crippen LogP contribution in [-0.2, 0) is 6.61 Å². The maximum Gasteiger partial charge on any atom is 0.141 e. The van der Waals surface area contributed by atoms with Gasteiger partial charge in [-0.2, -0.15) is 0 Å². The van der Waals surface area contributed by atoms with Gasteiger partial charge in [0.1, 0.15) is 29.7 Å². The van der Waals surface area contributed by atoms with Gasteiger partial charge in [0.25, 0.3) is 0 Å². The van der Waals surface area contributed by atoms with Crippen LogP contribution in [0.3, 0.4) is 0 Å². The fourth-order valence-electron chi connectivity index (χ4n) is 4.52. The average molecular weight is 480 g/mol. The number of rotatable bonds is 7. The number of benzene rings is 3. The number of hydrogen-bond donors (Lipinski definition) is 1. The van der Waals surface area contributed by atoms with Gasteiger partial charge in [0, 0.05) is 40.8 Å². The van der Waals surface area contributed by atoms with E-state index >= 15 is 0 Å². The summed E-state index contributed by atoms with van der Waals surface area (Å²) < 4.78 is 31.4. The first kappa shape index (κ1) is 24.0. The summed E-state index contributed by atoms with van der Waals surface area (Å²) in [5.74, 6) is 1.64. The van der Waals surface area contributed by atoms with Crippen LogP contribution in [0.5, 0.6) is 17.2 Å². The Morgan fingerprint density at radius 3 is 2.47 bits per heavy atom. The first-order valence-corrected chi connectivity index (χ1v) is 12.3. The second kappa shape index (κ2) is 9.63. The van der Waals surface area contributed by atoms with Crippen molar-refractivity contribution in [1.82, 2.24) is 0 Å². The molecule has 4 rings (SSSR count). The highest BCUT2D eigenvalue weighted by molar-refractivity contribution is 7.94. The van der Waals surface area contributed by atoms with Crippen molar-refractivity contribution in [3.05, 3.63) is 77.1 Å². The molecule has 1 N–H and O–H groups in total. The van der Waals surface area contributed by atoms with Gasteiger partial charge >= 0.3 is 0 Å². The molecule has 0 unspecified atom stereocenters. The van der Waals surface area contributed by atoms with Crippen molar-refractivity contribution < 1.29 is 18.0 Å². The van der Waals surface area contributed by atoms with Gasteiger partial charge in [-0.3, -0.25) is 0 Å². The van der Waals surface area contributed by atoms with E-state index in [-0.39, 0.29) is 18.0 Å². The molecule has 0 saturated heterocycles. The molecule has 1 aliphatic heterocycles. The fraction of sp³-hybridized carbons (Fsp3) is 0.286. The number of allylic oxidation sites excluding steroid dienone is 1. The number of hydrogen-bond acceptors (Lipinski definition) is 5. The Bertz CT molecular complexity index is 1250. The molecule has 0 aliphatic carbocycles. The van der Waals surface area contributed by atoms with Crippen molar-refractivity contribution in [2.75, 3.05) is 18.7 Å². The molecular formula is C28H30FNO3S. The average Bonchev–Trinajstić information content (AvgIpc) is 2.78. The normalized spacial score (nSPS) is 14.0. The van der Waals surface area contributed by atoms with Gasteiger partial charge in [0.15, 0.2) is 0 Å². The molecule has 0 radical (unpaired) electrons. The summed E-state index contributed by atoms with van der Waals surface area (Å²) in [7, 11) is 1.65. The lowest BCUT2D eigenvalue weighted by atomic mass is 9.85. The van der Waals surface area contributed by atoms with E-state index in [1.165, 1.54) is 24.2 Å². The summed E-state index contributed by atoms with van der Waals surface area (Å²) in [5, 5.41) is 3.61. The molecule has 0 aromatic heterocycles. The second-order valence-electron chi connectivity index (χ2n) is 9.00. The molecule has 1 aliphatic rings. The standard InChI is InChI=1S/C28H30FNO3S/c1-17-7-8-19(29)13-25(17)32-16-23-21(22-10-9-20(33-34-6)14-26(22)31-5)11-12-24-27(23)18(2)15-28(3,4)30-24/h7-15,30H,16H2,1-6H3. The summed E-state index contributed by atoms with van der Waals surface area (Å²) in [4.78, 5) is 0. The smallest absolute Gasteiger partial charge is 0.141 e. The molecule has 34 heavy (non-hydrogen) atoms. The third kappa shape index (κ3) is 4.87. The maximum atomic E-state index is 13.9. The van der Waals surface area contributed by atoms with Gasteiger partial charge in [-0.1, -0.05) is 18.2 Å². The molecule has 0 bridgehead atoms. The SMILES string of the molecule is COc1cc(OSC)ccc1-c1ccc2c(c1COc1cc(F)ccc1C)C(C)=CC(C)(C)N2. The number of ether oxygens (including phenoxy) is 2. The van der Waals surface area contributed by atoms with Crippen molar-refractivity contribution in [3.63, 3.8) is 0 Å². The Balaban J connectivity index is 1.86. The lowest BCUT2D eigenvalue weighted by Crippen LogP contribution is -2.32. The van der Waals surface area contributed by atoms with Crippen LogP contribution in [0.4, 0.5) is 10.1 Å². The van der Waals surface area contributed by atoms with Gasteiger partial charge in [-0.15, -0.1) is 0 Å². The van der Waals surface area contributed by atoms with Crippen molar-refractivity contribution in [3.8, 4) is 28.4 Å². The first-order valence-electron chi connectivity index (χ1n) is 11.1. The van der Waals surface area contributed by atoms with Crippen LogP contribution in [0, 0.1) is 12.7 Å². The topological polar surface area (TPSA) is 39.7 Å². The van der Waals surface area contributed by atoms with Crippen molar-refractivity contribution in [2.24, 2.45) is 0 Å². The number of anilines is 1. The predicted molar refractivity (Wildman–Crippen MR) is 139 cm³/mol. The second-order valence-corrected chi connectivity index (χ2v) is 9.50. The largest absolute Gasteiger partial charge is 0.496 e. The summed E-state index contributed by atoms with van der Waals surface area (Å²) in [6, 6.07) is 14.6. The zero-order chi connectivity index (χ0) is 24.5. The van der Waals surface area contributed by atoms with Gasteiger partial charge in [0.2, 0.25) is 0 Å². The van der Waals surface area contributed by atoms with E-state index in [0.29, 0.717) is 11.5 Å². The fourth-order valence-corrected chi connectivity index (χ4v) is 4.82. The van der Waals surface area contributed by atoms with E-state index in [4.69, 9.17) is 13.7 Å². The lowest BCUT2D eigenvalue weighted by molar-refractivity contribution is 0.302. The van der Waals surface area contributed by atoms with Gasteiger partial charge in [0.05, 0.1) is 24.7 Å². The Labute approximate surface area is 205 Å². The van der Waals surface area contributed by atoms with E-state index in [1.54, 1.807) is 13.2 Å². The third-order valence-electron chi connectivity index (χ3n) is 5.91. The number of methoxy groups -OCH3 is 1. The molecule has 0 spiro atoms. The van der Waals surface area contributed by atoms with Crippen molar-refractivity contribution >= 4 is 23.3 Å². The molecule has 0 saturated carbocycles. The first-order chi connectivity index (χ1) is 16.2. The van der Waals surface area contributed by atoms with Crippen molar-refractivity contribution in [2.45, 2.75) is 39.8 Å². The third-order valence-corrected chi connectivity index (χ3v) is 6.27. The van der Waals surface area contributed by atoms with E-state index in [1.807, 2.05) is 31.4 Å². The zero-order valence-electron chi connectivity index (χ0n) is 20.4. The monoisotopic (exact) mass is 479 g/mol. The van der Waals surface area contributed by atoms with E-state index < -0.39 is 0 Å². The Hall–Kier alpha value is -3.12. The number of halogens is 1. The van der Waals surface area contributed by atoms with Crippen LogP contribution >= 0.6 is 12.0 Å². The number of fused-ring (bicyclic) bond motifs is 1. The van der Waals surface area contributed by atoms with E-state index in [9.17, 15) is 4.39 Å². The molecule has 0 atom stereocenters. The predicted octanol–water partition coefficient (Wildman–Crippen LogP) is 7.65. The van der Waals surface area contributed by atoms with Gasteiger partial charge in [-0.05, 0) is 68.7 Å². The quantitative estimate of drug-likeness (QED) is 0.352. The highest BCUT2D eigenvalue weighted by Gasteiger charge is 2.27. The number of aryl methyl sites for hydroxylation is 1. The molecule has 0 fully saturated rings.